The van der Waals surface area contributed by atoms with Crippen LogP contribution in [0.1, 0.15) is 20.8 Å². The second kappa shape index (κ2) is 6.73. The van der Waals surface area contributed by atoms with Crippen LogP contribution in [-0.4, -0.2) is 68.0 Å². The standard InChI is InChI=1S/C13H24N4O3S/c1-11(2)13(3,10-14)15-12(18)9-16-5-7-17(8-6-16)21(4,19)20/h11H,5-9H2,1-4H3,(H,15,18)/t13-/m1/s1. The molecular weight excluding hydrogens is 292 g/mol. The van der Waals surface area contributed by atoms with Crippen LogP contribution in [0.15, 0.2) is 0 Å². The van der Waals surface area contributed by atoms with Gasteiger partial charge in [0.2, 0.25) is 15.9 Å². The highest BCUT2D eigenvalue weighted by molar-refractivity contribution is 7.88. The molecule has 0 bridgehead atoms. The van der Waals surface area contributed by atoms with Crippen LogP contribution in [0.2, 0.25) is 0 Å². The zero-order valence-corrected chi connectivity index (χ0v) is 13.9. The van der Waals surface area contributed by atoms with Crippen molar-refractivity contribution in [3.05, 3.63) is 0 Å². The fraction of sp³-hybridized carbons (Fsp3) is 0.846. The summed E-state index contributed by atoms with van der Waals surface area (Å²) in [4.78, 5) is 13.9. The second-order valence-electron chi connectivity index (χ2n) is 5.96. The number of carbonyl (C=O) groups excluding carboxylic acids is 1. The monoisotopic (exact) mass is 316 g/mol. The minimum absolute atomic E-state index is 0.00790. The van der Waals surface area contributed by atoms with Gasteiger partial charge in [-0.25, -0.2) is 8.42 Å². The SMILES string of the molecule is CC(C)[C@@](C)(C#N)NC(=O)CN1CCN(S(C)(=O)=O)CC1. The Balaban J connectivity index is 2.50. The minimum Gasteiger partial charge on any atom is -0.337 e. The lowest BCUT2D eigenvalue weighted by atomic mass is 9.90. The summed E-state index contributed by atoms with van der Waals surface area (Å²) < 4.78 is 24.2. The predicted octanol–water partition coefficient (Wildman–Crippen LogP) is -0.382. The number of carbonyl (C=O) groups is 1. The maximum absolute atomic E-state index is 12.0. The van der Waals surface area contributed by atoms with Crippen molar-refractivity contribution in [2.75, 3.05) is 39.0 Å². The largest absolute Gasteiger partial charge is 0.337 e. The van der Waals surface area contributed by atoms with Crippen LogP contribution in [0.3, 0.4) is 0 Å². The molecule has 1 amide bonds. The molecule has 120 valence electrons. The van der Waals surface area contributed by atoms with E-state index in [0.29, 0.717) is 26.2 Å². The first-order valence-corrected chi connectivity index (χ1v) is 8.83. The van der Waals surface area contributed by atoms with E-state index in [-0.39, 0.29) is 18.4 Å². The molecule has 21 heavy (non-hydrogen) atoms. The fourth-order valence-electron chi connectivity index (χ4n) is 2.05. The normalized spacial score (nSPS) is 20.8. The molecule has 1 N–H and O–H groups in total. The molecule has 0 unspecified atom stereocenters. The van der Waals surface area contributed by atoms with Gasteiger partial charge in [0, 0.05) is 26.2 Å². The summed E-state index contributed by atoms with van der Waals surface area (Å²) in [6, 6.07) is 2.13. The highest BCUT2D eigenvalue weighted by Crippen LogP contribution is 2.15. The maximum Gasteiger partial charge on any atom is 0.235 e. The van der Waals surface area contributed by atoms with Gasteiger partial charge in [-0.15, -0.1) is 0 Å². The van der Waals surface area contributed by atoms with Gasteiger partial charge < -0.3 is 5.32 Å². The van der Waals surface area contributed by atoms with E-state index in [1.54, 1.807) is 6.92 Å². The van der Waals surface area contributed by atoms with Gasteiger partial charge in [0.25, 0.3) is 0 Å². The fourth-order valence-corrected chi connectivity index (χ4v) is 2.88. The number of amides is 1. The Hall–Kier alpha value is -1.17. The van der Waals surface area contributed by atoms with Gasteiger partial charge in [-0.05, 0) is 12.8 Å². The number of nitrogens with zero attached hydrogens (tertiary/aromatic N) is 3. The van der Waals surface area contributed by atoms with Crippen LogP contribution >= 0.6 is 0 Å². The highest BCUT2D eigenvalue weighted by atomic mass is 32.2. The first kappa shape index (κ1) is 17.9. The van der Waals surface area contributed by atoms with Crippen LogP contribution in [0.5, 0.6) is 0 Å². The minimum atomic E-state index is -3.16. The molecule has 0 radical (unpaired) electrons. The number of nitriles is 1. The Morgan fingerprint density at radius 1 is 1.33 bits per heavy atom. The number of piperazine rings is 1. The first-order chi connectivity index (χ1) is 9.58. The zero-order chi connectivity index (χ0) is 16.3. The van der Waals surface area contributed by atoms with Crippen molar-refractivity contribution in [1.29, 1.82) is 5.26 Å². The molecule has 1 rings (SSSR count). The Labute approximate surface area is 126 Å². The average Bonchev–Trinajstić information content (AvgIpc) is 2.37. The second-order valence-corrected chi connectivity index (χ2v) is 7.94. The van der Waals surface area contributed by atoms with E-state index in [2.05, 4.69) is 11.4 Å². The van der Waals surface area contributed by atoms with E-state index in [0.717, 1.165) is 0 Å². The molecule has 1 aliphatic rings. The molecular formula is C13H24N4O3S. The Morgan fingerprint density at radius 2 is 1.86 bits per heavy atom. The van der Waals surface area contributed by atoms with Gasteiger partial charge in [-0.3, -0.25) is 9.69 Å². The number of hydrogen-bond acceptors (Lipinski definition) is 5. The summed E-state index contributed by atoms with van der Waals surface area (Å²) in [7, 11) is -3.16. The van der Waals surface area contributed by atoms with E-state index in [1.165, 1.54) is 10.6 Å². The van der Waals surface area contributed by atoms with Crippen molar-refractivity contribution in [3.8, 4) is 6.07 Å². The van der Waals surface area contributed by atoms with E-state index in [1.807, 2.05) is 18.7 Å². The molecule has 1 atom stereocenters. The van der Waals surface area contributed by atoms with Crippen molar-refractivity contribution in [2.45, 2.75) is 26.3 Å². The van der Waals surface area contributed by atoms with E-state index >= 15 is 0 Å². The van der Waals surface area contributed by atoms with Crippen molar-refractivity contribution in [3.63, 3.8) is 0 Å². The Morgan fingerprint density at radius 3 is 2.24 bits per heavy atom. The molecule has 0 aliphatic carbocycles. The third-order valence-electron chi connectivity index (χ3n) is 3.95. The lowest BCUT2D eigenvalue weighted by molar-refractivity contribution is -0.124. The lowest BCUT2D eigenvalue weighted by Gasteiger charge is -2.34. The molecule has 8 heteroatoms. The summed E-state index contributed by atoms with van der Waals surface area (Å²) >= 11 is 0. The van der Waals surface area contributed by atoms with Gasteiger partial charge in [-0.1, -0.05) is 13.8 Å². The van der Waals surface area contributed by atoms with Crippen LogP contribution in [0.25, 0.3) is 0 Å². The zero-order valence-electron chi connectivity index (χ0n) is 13.1. The van der Waals surface area contributed by atoms with Crippen LogP contribution in [-0.2, 0) is 14.8 Å². The lowest BCUT2D eigenvalue weighted by Crippen LogP contribution is -2.54. The molecule has 0 aromatic heterocycles. The van der Waals surface area contributed by atoms with Crippen molar-refractivity contribution >= 4 is 15.9 Å². The topological polar surface area (TPSA) is 93.5 Å². The van der Waals surface area contributed by atoms with Crippen LogP contribution < -0.4 is 5.32 Å². The van der Waals surface area contributed by atoms with E-state index in [4.69, 9.17) is 0 Å². The molecule has 1 fully saturated rings. The molecule has 0 saturated carbocycles. The van der Waals surface area contributed by atoms with Crippen molar-refractivity contribution < 1.29 is 13.2 Å². The van der Waals surface area contributed by atoms with Gasteiger partial charge in [0.05, 0.1) is 18.9 Å². The molecule has 7 nitrogen and oxygen atoms in total. The summed E-state index contributed by atoms with van der Waals surface area (Å²) in [6.45, 7) is 7.48. The van der Waals surface area contributed by atoms with Gasteiger partial charge in [0.15, 0.2) is 0 Å². The molecule has 0 aromatic rings. The number of sulfonamides is 1. The number of rotatable bonds is 5. The summed E-state index contributed by atoms with van der Waals surface area (Å²) in [5.41, 5.74) is -0.883. The van der Waals surface area contributed by atoms with Crippen LogP contribution in [0, 0.1) is 17.2 Å². The molecule has 0 aromatic carbocycles. The number of nitrogens with one attached hydrogen (secondary N) is 1. The third kappa shape index (κ3) is 4.95. The maximum atomic E-state index is 12.0. The Bertz CT molecular complexity index is 518. The van der Waals surface area contributed by atoms with Crippen LogP contribution in [0.4, 0.5) is 0 Å². The summed E-state index contributed by atoms with van der Waals surface area (Å²) in [5, 5.41) is 11.9. The van der Waals surface area contributed by atoms with Gasteiger partial charge in [-0.2, -0.15) is 9.57 Å². The summed E-state index contributed by atoms with van der Waals surface area (Å²) in [5.74, 6) is -0.200. The smallest absolute Gasteiger partial charge is 0.235 e. The summed E-state index contributed by atoms with van der Waals surface area (Å²) in [6.07, 6.45) is 1.19. The quantitative estimate of drug-likeness (QED) is 0.746. The molecule has 1 heterocycles. The molecule has 1 aliphatic heterocycles. The average molecular weight is 316 g/mol. The van der Waals surface area contributed by atoms with Crippen molar-refractivity contribution in [2.24, 2.45) is 5.92 Å². The van der Waals surface area contributed by atoms with Crippen molar-refractivity contribution in [1.82, 2.24) is 14.5 Å². The Kier molecular flexibility index (Phi) is 5.73. The predicted molar refractivity (Wildman–Crippen MR) is 79.9 cm³/mol. The molecule has 1 saturated heterocycles. The van der Waals surface area contributed by atoms with E-state index in [9.17, 15) is 18.5 Å². The highest BCUT2D eigenvalue weighted by Gasteiger charge is 2.31. The van der Waals surface area contributed by atoms with Gasteiger partial charge in [0.1, 0.15) is 5.54 Å². The first-order valence-electron chi connectivity index (χ1n) is 6.98. The number of hydrogen-bond donors (Lipinski definition) is 1. The van der Waals surface area contributed by atoms with E-state index < -0.39 is 15.6 Å². The third-order valence-corrected chi connectivity index (χ3v) is 5.26. The molecule has 0 spiro atoms. The van der Waals surface area contributed by atoms with Gasteiger partial charge >= 0.3 is 0 Å².